The molecule has 352 valence electrons. The van der Waals surface area contributed by atoms with Crippen molar-refractivity contribution < 1.29 is 99.9 Å². The SMILES string of the molecule is CC(=O)OC1O[C@H](CN=[N+]=[N-])[C@@H](O[C@H]2O[C@H](CN=[N+]=[N-])[C@@H](O[C@H]3O[C@H](CN=[N+]=[N-])[C@@H](OC(C)=O)[C@H](OC(C)=O)[C@H]3OC(C)=O)[C@H](OC(C)=O)[C@H]2OC(C)=O)[C@H](OC(C)=O)[C@H]1OC(C)=O. The van der Waals surface area contributed by atoms with Crippen molar-refractivity contribution >= 4 is 47.8 Å². The van der Waals surface area contributed by atoms with Crippen LogP contribution in [-0.2, 0) is 99.9 Å². The third-order valence-corrected chi connectivity index (χ3v) is 8.73. The molecule has 0 aromatic heterocycles. The fraction of sp³-hybridized carbons (Fsp3) is 0.765. The zero-order valence-electron chi connectivity index (χ0n) is 35.4. The maximum Gasteiger partial charge on any atom is 0.305 e. The molecule has 0 amide bonds. The molecule has 0 radical (unpaired) electrons. The summed E-state index contributed by atoms with van der Waals surface area (Å²) in [6, 6.07) is 0. The van der Waals surface area contributed by atoms with Crippen LogP contribution in [0.5, 0.6) is 0 Å². The van der Waals surface area contributed by atoms with E-state index in [1.54, 1.807) is 0 Å². The van der Waals surface area contributed by atoms with Crippen LogP contribution in [0.25, 0.3) is 31.3 Å². The van der Waals surface area contributed by atoms with Gasteiger partial charge in [0.25, 0.3) is 0 Å². The fourth-order valence-corrected chi connectivity index (χ4v) is 6.81. The lowest BCUT2D eigenvalue weighted by atomic mass is 9.94. The molecule has 3 aliphatic rings. The van der Waals surface area contributed by atoms with E-state index in [0.29, 0.717) is 0 Å². The quantitative estimate of drug-likeness (QED) is 0.0607. The third-order valence-electron chi connectivity index (χ3n) is 8.73. The molecule has 3 saturated heterocycles. The molecule has 1 unspecified atom stereocenters. The highest BCUT2D eigenvalue weighted by Crippen LogP contribution is 2.38. The van der Waals surface area contributed by atoms with E-state index in [2.05, 4.69) is 30.1 Å². The lowest BCUT2D eigenvalue weighted by Gasteiger charge is -2.50. The van der Waals surface area contributed by atoms with Gasteiger partial charge in [-0.3, -0.25) is 38.4 Å². The Bertz CT molecular complexity index is 1900. The molecule has 3 fully saturated rings. The molecule has 30 heteroatoms. The molecule has 0 N–H and O–H groups in total. The van der Waals surface area contributed by atoms with Crippen molar-refractivity contribution in [3.05, 3.63) is 31.3 Å². The number of rotatable bonds is 18. The predicted molar refractivity (Wildman–Crippen MR) is 198 cm³/mol. The van der Waals surface area contributed by atoms with E-state index in [0.717, 1.165) is 55.4 Å². The highest BCUT2D eigenvalue weighted by molar-refractivity contribution is 5.70. The second-order valence-electron chi connectivity index (χ2n) is 13.7. The van der Waals surface area contributed by atoms with Crippen molar-refractivity contribution in [2.75, 3.05) is 19.6 Å². The number of ether oxygens (including phenoxy) is 13. The summed E-state index contributed by atoms with van der Waals surface area (Å²) >= 11 is 0. The summed E-state index contributed by atoms with van der Waals surface area (Å²) < 4.78 is 74.3. The van der Waals surface area contributed by atoms with Crippen LogP contribution in [0.2, 0.25) is 0 Å². The molecular formula is C34H45N9O21. The van der Waals surface area contributed by atoms with E-state index in [4.69, 9.17) is 67.1 Å². The summed E-state index contributed by atoms with van der Waals surface area (Å²) in [5, 5.41) is 10.5. The summed E-state index contributed by atoms with van der Waals surface area (Å²) in [4.78, 5) is 108. The van der Waals surface area contributed by atoms with Crippen molar-refractivity contribution in [2.45, 2.75) is 148 Å². The van der Waals surface area contributed by atoms with Crippen LogP contribution in [0.3, 0.4) is 0 Å². The normalized spacial score (nSPS) is 31.9. The Kier molecular flexibility index (Phi) is 19.7. The Labute approximate surface area is 361 Å². The lowest BCUT2D eigenvalue weighted by molar-refractivity contribution is -0.373. The van der Waals surface area contributed by atoms with Gasteiger partial charge in [0.05, 0.1) is 31.8 Å². The van der Waals surface area contributed by atoms with Gasteiger partial charge in [-0.2, -0.15) is 0 Å². The molecule has 0 saturated carbocycles. The largest absolute Gasteiger partial charge is 0.456 e. The van der Waals surface area contributed by atoms with Crippen LogP contribution in [-0.4, -0.2) is 160 Å². The van der Waals surface area contributed by atoms with E-state index < -0.39 is 160 Å². The first-order chi connectivity index (χ1) is 30.2. The average Bonchev–Trinajstić information content (AvgIpc) is 3.17. The second-order valence-corrected chi connectivity index (χ2v) is 13.7. The second kappa shape index (κ2) is 24.4. The first-order valence-electron chi connectivity index (χ1n) is 18.9. The number of carbonyl (C=O) groups is 8. The van der Waals surface area contributed by atoms with Crippen molar-refractivity contribution in [3.63, 3.8) is 0 Å². The van der Waals surface area contributed by atoms with Crippen LogP contribution in [0, 0.1) is 0 Å². The van der Waals surface area contributed by atoms with E-state index in [1.165, 1.54) is 0 Å². The van der Waals surface area contributed by atoms with E-state index in [-0.39, 0.29) is 0 Å². The van der Waals surface area contributed by atoms with E-state index >= 15 is 0 Å². The minimum absolute atomic E-state index is 0.613. The molecule has 30 nitrogen and oxygen atoms in total. The van der Waals surface area contributed by atoms with Gasteiger partial charge in [0.15, 0.2) is 49.2 Å². The van der Waals surface area contributed by atoms with Gasteiger partial charge in [-0.1, -0.05) is 15.3 Å². The van der Waals surface area contributed by atoms with E-state index in [9.17, 15) is 49.4 Å². The molecule has 0 bridgehead atoms. The number of hydrogen-bond donors (Lipinski definition) is 0. The molecule has 64 heavy (non-hydrogen) atoms. The summed E-state index contributed by atoms with van der Waals surface area (Å²) in [5.74, 6) is -8.00. The monoisotopic (exact) mass is 915 g/mol. The Hall–Kier alpha value is -6.51. The zero-order chi connectivity index (χ0) is 47.8. The van der Waals surface area contributed by atoms with Gasteiger partial charge in [-0.05, 0) is 16.6 Å². The Morgan fingerprint density at radius 3 is 0.891 bits per heavy atom. The van der Waals surface area contributed by atoms with Gasteiger partial charge in [-0.15, -0.1) is 0 Å². The number of carbonyl (C=O) groups excluding carboxylic acids is 8. The molecular weight excluding hydrogens is 870 g/mol. The zero-order valence-corrected chi connectivity index (χ0v) is 35.4. The van der Waals surface area contributed by atoms with Gasteiger partial charge >= 0.3 is 47.8 Å². The minimum atomic E-state index is -2.02. The molecule has 0 aromatic carbocycles. The Balaban J connectivity index is 2.28. The molecule has 3 aliphatic heterocycles. The maximum atomic E-state index is 12.9. The third kappa shape index (κ3) is 14.8. The lowest BCUT2D eigenvalue weighted by Crippen LogP contribution is -2.68. The number of hydrogen-bond acceptors (Lipinski definition) is 24. The van der Waals surface area contributed by atoms with Gasteiger partial charge in [0.1, 0.15) is 18.3 Å². The smallest absolute Gasteiger partial charge is 0.305 e. The summed E-state index contributed by atoms with van der Waals surface area (Å²) in [6.07, 6.45) is -26.8. The van der Waals surface area contributed by atoms with Crippen molar-refractivity contribution in [1.29, 1.82) is 0 Å². The van der Waals surface area contributed by atoms with Gasteiger partial charge in [0.2, 0.25) is 12.4 Å². The maximum absolute atomic E-state index is 12.9. The topological polar surface area (TPSA) is 403 Å². The minimum Gasteiger partial charge on any atom is -0.456 e. The molecule has 0 aliphatic carbocycles. The highest BCUT2D eigenvalue weighted by Gasteiger charge is 2.59. The van der Waals surface area contributed by atoms with Gasteiger partial charge < -0.3 is 61.6 Å². The fourth-order valence-electron chi connectivity index (χ4n) is 6.81. The molecule has 3 heterocycles. The van der Waals surface area contributed by atoms with Crippen LogP contribution in [0.15, 0.2) is 15.3 Å². The molecule has 0 aromatic rings. The number of nitrogens with zero attached hydrogens (tertiary/aromatic N) is 9. The Morgan fingerprint density at radius 2 is 0.594 bits per heavy atom. The van der Waals surface area contributed by atoms with Gasteiger partial charge in [0, 0.05) is 70.1 Å². The summed E-state index contributed by atoms with van der Waals surface area (Å²) in [5.41, 5.74) is 27.7. The highest BCUT2D eigenvalue weighted by atomic mass is 16.8. The van der Waals surface area contributed by atoms with Gasteiger partial charge in [-0.25, -0.2) is 0 Å². The Morgan fingerprint density at radius 1 is 0.359 bits per heavy atom. The first kappa shape index (κ1) is 51.8. The average molecular weight is 916 g/mol. The first-order valence-corrected chi connectivity index (χ1v) is 18.9. The molecule has 0 spiro atoms. The number of azide groups is 3. The van der Waals surface area contributed by atoms with E-state index in [1.807, 2.05) is 0 Å². The van der Waals surface area contributed by atoms with Crippen LogP contribution in [0.1, 0.15) is 55.4 Å². The molecule has 3 rings (SSSR count). The van der Waals surface area contributed by atoms with Crippen molar-refractivity contribution in [1.82, 2.24) is 0 Å². The summed E-state index contributed by atoms with van der Waals surface area (Å²) in [7, 11) is 0. The van der Waals surface area contributed by atoms with Crippen LogP contribution in [0.4, 0.5) is 0 Å². The van der Waals surface area contributed by atoms with Crippen LogP contribution >= 0.6 is 0 Å². The standard InChI is InChI=1S/C34H45N9O21/c1-12(44)52-23-20(9-38-41-35)61-33(30(57-17(6)49)26(23)53-13(2)45)64-25-22(11-40-43-37)62-34(31(58-18(7)50)28(25)55-15(4)47)63-24-21(10-39-42-36)60-32(59-19(8)51)29(56-16(5)48)27(24)54-14(3)46/h20-34H,9-11H2,1-8H3/t20-,21-,22-,23-,24-,25-,26+,27+,28+,29-,30-,31-,32?,33-,34-/m1/s1. The molecule has 15 atom stereocenters. The van der Waals surface area contributed by atoms with Crippen molar-refractivity contribution in [3.8, 4) is 0 Å². The predicted octanol–water partition coefficient (Wildman–Crippen LogP) is 0.947. The number of esters is 8. The van der Waals surface area contributed by atoms with Crippen LogP contribution < -0.4 is 0 Å². The summed E-state index contributed by atoms with van der Waals surface area (Å²) in [6.45, 7) is 5.71. The van der Waals surface area contributed by atoms with Crippen molar-refractivity contribution in [2.24, 2.45) is 15.3 Å².